The second kappa shape index (κ2) is 2.70. The summed E-state index contributed by atoms with van der Waals surface area (Å²) in [6.07, 6.45) is 7.32. The highest BCUT2D eigenvalue weighted by molar-refractivity contribution is 8.05. The highest BCUT2D eigenvalue weighted by atomic mass is 32.2. The Morgan fingerprint density at radius 2 is 2.20 bits per heavy atom. The lowest BCUT2D eigenvalue weighted by Gasteiger charge is -2.21. The maximum absolute atomic E-state index is 3.30. The van der Waals surface area contributed by atoms with Crippen molar-refractivity contribution >= 4 is 11.8 Å². The van der Waals surface area contributed by atoms with E-state index in [1.165, 1.54) is 31.4 Å². The third kappa shape index (κ3) is 1.08. The molecule has 10 heavy (non-hydrogen) atoms. The van der Waals surface area contributed by atoms with Gasteiger partial charge in [-0.2, -0.15) is 0 Å². The topological polar surface area (TPSA) is 12.0 Å². The van der Waals surface area contributed by atoms with E-state index in [0.717, 1.165) is 0 Å². The zero-order valence-corrected chi connectivity index (χ0v) is 6.71. The second-order valence-electron chi connectivity index (χ2n) is 2.67. The monoisotopic (exact) mass is 153 g/mol. The van der Waals surface area contributed by atoms with Gasteiger partial charge in [-0.1, -0.05) is 11.8 Å². The zero-order valence-electron chi connectivity index (χ0n) is 5.89. The summed E-state index contributed by atoms with van der Waals surface area (Å²) in [6, 6.07) is 0. The van der Waals surface area contributed by atoms with Crippen molar-refractivity contribution < 1.29 is 0 Å². The van der Waals surface area contributed by atoms with E-state index in [4.69, 9.17) is 0 Å². The molecule has 0 saturated carbocycles. The standard InChI is InChI=1S/C8H11NS/c1-2-4-8-7(3-1)9-5-6-10-8/h5-6,9H,1-4H2. The molecule has 1 heterocycles. The zero-order chi connectivity index (χ0) is 6.81. The molecule has 0 saturated heterocycles. The number of hydrogen-bond donors (Lipinski definition) is 1. The lowest BCUT2D eigenvalue weighted by atomic mass is 10.0. The van der Waals surface area contributed by atoms with Gasteiger partial charge in [0.25, 0.3) is 0 Å². The molecular weight excluding hydrogens is 142 g/mol. The van der Waals surface area contributed by atoms with Crippen LogP contribution >= 0.6 is 11.8 Å². The van der Waals surface area contributed by atoms with Gasteiger partial charge in [0.1, 0.15) is 0 Å². The van der Waals surface area contributed by atoms with Gasteiger partial charge in [0.15, 0.2) is 0 Å². The first kappa shape index (κ1) is 6.35. The van der Waals surface area contributed by atoms with Crippen LogP contribution in [0.1, 0.15) is 25.7 Å². The van der Waals surface area contributed by atoms with Gasteiger partial charge < -0.3 is 5.32 Å². The van der Waals surface area contributed by atoms with Gasteiger partial charge in [-0.3, -0.25) is 0 Å². The molecule has 1 nitrogen and oxygen atoms in total. The Bertz CT molecular complexity index is 173. The minimum absolute atomic E-state index is 1.26. The number of nitrogens with one attached hydrogen (secondary N) is 1. The summed E-state index contributed by atoms with van der Waals surface area (Å²) >= 11 is 1.88. The molecular formula is C8H11NS. The highest BCUT2D eigenvalue weighted by Gasteiger charge is 2.12. The lowest BCUT2D eigenvalue weighted by Crippen LogP contribution is -2.12. The van der Waals surface area contributed by atoms with Crippen molar-refractivity contribution in [1.29, 1.82) is 0 Å². The van der Waals surface area contributed by atoms with Crippen LogP contribution in [0.5, 0.6) is 0 Å². The van der Waals surface area contributed by atoms with Crippen LogP contribution in [0, 0.1) is 0 Å². The smallest absolute Gasteiger partial charge is 0.0246 e. The molecule has 0 aromatic rings. The van der Waals surface area contributed by atoms with E-state index in [-0.39, 0.29) is 0 Å². The molecule has 0 spiro atoms. The van der Waals surface area contributed by atoms with Crippen LogP contribution < -0.4 is 5.32 Å². The second-order valence-corrected chi connectivity index (χ2v) is 3.67. The van der Waals surface area contributed by atoms with Crippen molar-refractivity contribution in [2.24, 2.45) is 0 Å². The summed E-state index contributed by atoms with van der Waals surface area (Å²) < 4.78 is 0. The molecule has 0 bridgehead atoms. The highest BCUT2D eigenvalue weighted by Crippen LogP contribution is 2.33. The lowest BCUT2D eigenvalue weighted by molar-refractivity contribution is 0.666. The Morgan fingerprint density at radius 1 is 1.30 bits per heavy atom. The number of allylic oxidation sites excluding steroid dienone is 2. The number of rotatable bonds is 0. The molecule has 0 radical (unpaired) electrons. The van der Waals surface area contributed by atoms with Gasteiger partial charge in [0.2, 0.25) is 0 Å². The van der Waals surface area contributed by atoms with Crippen LogP contribution in [0.15, 0.2) is 22.2 Å². The average Bonchev–Trinajstić information content (AvgIpc) is 2.05. The van der Waals surface area contributed by atoms with Crippen LogP contribution in [-0.4, -0.2) is 0 Å². The molecule has 0 aromatic carbocycles. The summed E-state index contributed by atoms with van der Waals surface area (Å²) in [7, 11) is 0. The summed E-state index contributed by atoms with van der Waals surface area (Å²) in [4.78, 5) is 1.56. The number of thioether (sulfide) groups is 1. The molecule has 0 amide bonds. The summed E-state index contributed by atoms with van der Waals surface area (Å²) in [6.45, 7) is 0. The van der Waals surface area contributed by atoms with Crippen LogP contribution in [0.25, 0.3) is 0 Å². The molecule has 0 atom stereocenters. The largest absolute Gasteiger partial charge is 0.364 e. The summed E-state index contributed by atoms with van der Waals surface area (Å²) in [5, 5.41) is 5.43. The van der Waals surface area contributed by atoms with Crippen molar-refractivity contribution in [3.8, 4) is 0 Å². The minimum atomic E-state index is 1.26. The number of hydrogen-bond acceptors (Lipinski definition) is 2. The Balaban J connectivity index is 2.17. The molecule has 2 aliphatic rings. The van der Waals surface area contributed by atoms with Gasteiger partial charge in [0, 0.05) is 16.8 Å². The van der Waals surface area contributed by atoms with Crippen molar-refractivity contribution in [2.75, 3.05) is 0 Å². The van der Waals surface area contributed by atoms with Gasteiger partial charge in [0.05, 0.1) is 0 Å². The van der Waals surface area contributed by atoms with Crippen molar-refractivity contribution in [2.45, 2.75) is 25.7 Å². The van der Waals surface area contributed by atoms with Crippen LogP contribution in [0.2, 0.25) is 0 Å². The summed E-state index contributed by atoms with van der Waals surface area (Å²) in [5.74, 6) is 0. The van der Waals surface area contributed by atoms with Crippen molar-refractivity contribution in [1.82, 2.24) is 5.32 Å². The third-order valence-corrected chi connectivity index (χ3v) is 2.96. The van der Waals surface area contributed by atoms with E-state index in [1.54, 1.807) is 4.91 Å². The van der Waals surface area contributed by atoms with E-state index in [2.05, 4.69) is 10.7 Å². The maximum Gasteiger partial charge on any atom is 0.0246 e. The van der Waals surface area contributed by atoms with Crippen molar-refractivity contribution in [3.63, 3.8) is 0 Å². The molecule has 1 aliphatic carbocycles. The predicted octanol–water partition coefficient (Wildman–Crippen LogP) is 2.58. The molecule has 0 aromatic heterocycles. The summed E-state index contributed by atoms with van der Waals surface area (Å²) in [5.41, 5.74) is 1.47. The maximum atomic E-state index is 3.30. The van der Waals surface area contributed by atoms with Gasteiger partial charge in [-0.05, 0) is 31.1 Å². The molecule has 2 rings (SSSR count). The first-order valence-corrected chi connectivity index (χ1v) is 4.65. The minimum Gasteiger partial charge on any atom is -0.364 e. The van der Waals surface area contributed by atoms with Crippen LogP contribution in [0.4, 0.5) is 0 Å². The van der Waals surface area contributed by atoms with Crippen LogP contribution in [0.3, 0.4) is 0 Å². The van der Waals surface area contributed by atoms with E-state index >= 15 is 0 Å². The van der Waals surface area contributed by atoms with Crippen molar-refractivity contribution in [3.05, 3.63) is 22.2 Å². The molecule has 1 aliphatic heterocycles. The molecule has 54 valence electrons. The van der Waals surface area contributed by atoms with E-state index in [1.807, 2.05) is 18.0 Å². The fourth-order valence-corrected chi connectivity index (χ4v) is 2.28. The molecule has 0 unspecified atom stereocenters. The Morgan fingerprint density at radius 3 is 3.10 bits per heavy atom. The average molecular weight is 153 g/mol. The first-order valence-electron chi connectivity index (χ1n) is 3.77. The third-order valence-electron chi connectivity index (χ3n) is 1.95. The van der Waals surface area contributed by atoms with Gasteiger partial charge in [-0.15, -0.1) is 0 Å². The SMILES string of the molecule is C1=CSC2=C(CCCC2)N1. The normalized spacial score (nSPS) is 24.0. The Kier molecular flexibility index (Phi) is 1.72. The Labute approximate surface area is 65.6 Å². The molecule has 0 fully saturated rings. The van der Waals surface area contributed by atoms with Gasteiger partial charge >= 0.3 is 0 Å². The van der Waals surface area contributed by atoms with E-state index < -0.39 is 0 Å². The van der Waals surface area contributed by atoms with Gasteiger partial charge in [-0.25, -0.2) is 0 Å². The molecule has 1 N–H and O–H groups in total. The van der Waals surface area contributed by atoms with E-state index in [0.29, 0.717) is 0 Å². The quantitative estimate of drug-likeness (QED) is 0.574. The van der Waals surface area contributed by atoms with Crippen LogP contribution in [-0.2, 0) is 0 Å². The molecule has 2 heteroatoms. The predicted molar refractivity (Wildman–Crippen MR) is 45.4 cm³/mol. The first-order chi connectivity index (χ1) is 4.97. The fourth-order valence-electron chi connectivity index (χ4n) is 1.41. The Hall–Kier alpha value is -0.370. The van der Waals surface area contributed by atoms with E-state index in [9.17, 15) is 0 Å². The fraction of sp³-hybridized carbons (Fsp3) is 0.500.